The molecule has 0 radical (unpaired) electrons. The molecule has 2 fully saturated rings. The van der Waals surface area contributed by atoms with Crippen LogP contribution in [0, 0.1) is 5.92 Å². The molecular formula is C12H16N6O2. The first-order valence-electron chi connectivity index (χ1n) is 6.92. The zero-order chi connectivity index (χ0) is 13.4. The van der Waals surface area contributed by atoms with E-state index in [9.17, 15) is 0 Å². The van der Waals surface area contributed by atoms with Crippen molar-refractivity contribution in [2.24, 2.45) is 5.92 Å². The average Bonchev–Trinajstić information content (AvgIpc) is 3.07. The fourth-order valence-electron chi connectivity index (χ4n) is 2.46. The van der Waals surface area contributed by atoms with Crippen LogP contribution in [0.5, 0.6) is 0 Å². The number of nitrogens with one attached hydrogen (secondary N) is 1. The Balaban J connectivity index is 1.47. The van der Waals surface area contributed by atoms with E-state index in [1.165, 1.54) is 0 Å². The number of ether oxygens (including phenoxy) is 1. The lowest BCUT2D eigenvalue weighted by Gasteiger charge is -2.26. The van der Waals surface area contributed by atoms with E-state index in [0.717, 1.165) is 45.0 Å². The van der Waals surface area contributed by atoms with Gasteiger partial charge >= 0.3 is 0 Å². The number of hydrogen-bond acceptors (Lipinski definition) is 7. The molecule has 2 aliphatic rings. The highest BCUT2D eigenvalue weighted by atomic mass is 16.5. The Morgan fingerprint density at radius 2 is 2.35 bits per heavy atom. The standard InChI is InChI=1S/C12H16N6O2/c1-2-19-7-8(1)3-11-14-12(20-16-11)10-6-18(17-15-10)9-4-13-5-9/h6,8-9,13H,1-5,7H2. The minimum absolute atomic E-state index is 0.384. The molecule has 1 N–H and O–H groups in total. The minimum atomic E-state index is 0.384. The second-order valence-electron chi connectivity index (χ2n) is 5.35. The van der Waals surface area contributed by atoms with Crippen molar-refractivity contribution in [1.29, 1.82) is 0 Å². The SMILES string of the molecule is c1c(-c2nc(CC3CCOC3)no2)nnn1C1CNC1. The van der Waals surface area contributed by atoms with Gasteiger partial charge in [-0.05, 0) is 12.3 Å². The summed E-state index contributed by atoms with van der Waals surface area (Å²) >= 11 is 0. The Morgan fingerprint density at radius 3 is 3.10 bits per heavy atom. The zero-order valence-corrected chi connectivity index (χ0v) is 11.0. The van der Waals surface area contributed by atoms with Gasteiger partial charge in [0.25, 0.3) is 5.89 Å². The summed E-state index contributed by atoms with van der Waals surface area (Å²) in [4.78, 5) is 4.40. The molecule has 0 bridgehead atoms. The lowest BCUT2D eigenvalue weighted by Crippen LogP contribution is -2.43. The summed E-state index contributed by atoms with van der Waals surface area (Å²) in [5.41, 5.74) is 0.637. The van der Waals surface area contributed by atoms with Crippen LogP contribution in [-0.2, 0) is 11.2 Å². The second kappa shape index (κ2) is 4.95. The van der Waals surface area contributed by atoms with E-state index in [2.05, 4.69) is 25.8 Å². The van der Waals surface area contributed by atoms with E-state index in [0.29, 0.717) is 23.5 Å². The molecule has 8 heteroatoms. The molecule has 2 aromatic heterocycles. The van der Waals surface area contributed by atoms with Gasteiger partial charge < -0.3 is 14.6 Å². The van der Waals surface area contributed by atoms with Crippen molar-refractivity contribution in [1.82, 2.24) is 30.5 Å². The summed E-state index contributed by atoms with van der Waals surface area (Å²) in [6.07, 6.45) is 3.72. The quantitative estimate of drug-likeness (QED) is 0.843. The molecule has 2 aromatic rings. The van der Waals surface area contributed by atoms with Gasteiger partial charge in [0.15, 0.2) is 11.5 Å². The van der Waals surface area contributed by atoms with Crippen LogP contribution in [0.4, 0.5) is 0 Å². The number of rotatable bonds is 4. The van der Waals surface area contributed by atoms with Crippen LogP contribution in [0.1, 0.15) is 18.3 Å². The molecule has 4 rings (SSSR count). The van der Waals surface area contributed by atoms with Gasteiger partial charge in [-0.3, -0.25) is 0 Å². The van der Waals surface area contributed by atoms with E-state index in [-0.39, 0.29) is 0 Å². The average molecular weight is 276 g/mol. The van der Waals surface area contributed by atoms with Crippen LogP contribution in [0.3, 0.4) is 0 Å². The van der Waals surface area contributed by atoms with Crippen LogP contribution >= 0.6 is 0 Å². The van der Waals surface area contributed by atoms with Crippen LogP contribution < -0.4 is 5.32 Å². The highest BCUT2D eigenvalue weighted by molar-refractivity contribution is 5.43. The molecule has 2 aliphatic heterocycles. The van der Waals surface area contributed by atoms with Crippen molar-refractivity contribution in [2.75, 3.05) is 26.3 Å². The van der Waals surface area contributed by atoms with Crippen molar-refractivity contribution >= 4 is 0 Å². The van der Waals surface area contributed by atoms with Gasteiger partial charge in [0.2, 0.25) is 0 Å². The Hall–Kier alpha value is -1.80. The molecule has 0 saturated carbocycles. The first-order chi connectivity index (χ1) is 9.88. The molecule has 0 amide bonds. The normalized spacial score (nSPS) is 23.1. The Morgan fingerprint density at radius 1 is 1.40 bits per heavy atom. The topological polar surface area (TPSA) is 90.9 Å². The highest BCUT2D eigenvalue weighted by Crippen LogP contribution is 2.20. The molecule has 1 atom stereocenters. The first-order valence-corrected chi connectivity index (χ1v) is 6.92. The second-order valence-corrected chi connectivity index (χ2v) is 5.35. The van der Waals surface area contributed by atoms with E-state index in [4.69, 9.17) is 9.26 Å². The minimum Gasteiger partial charge on any atom is -0.381 e. The van der Waals surface area contributed by atoms with Gasteiger partial charge in [0, 0.05) is 32.7 Å². The Kier molecular flexibility index (Phi) is 2.96. The smallest absolute Gasteiger partial charge is 0.280 e. The molecule has 2 saturated heterocycles. The van der Waals surface area contributed by atoms with Crippen molar-refractivity contribution in [3.63, 3.8) is 0 Å². The molecule has 8 nitrogen and oxygen atoms in total. The number of hydrogen-bond donors (Lipinski definition) is 1. The lowest BCUT2D eigenvalue weighted by atomic mass is 10.1. The van der Waals surface area contributed by atoms with Gasteiger partial charge in [-0.15, -0.1) is 5.10 Å². The third kappa shape index (κ3) is 2.20. The number of nitrogens with zero attached hydrogens (tertiary/aromatic N) is 5. The monoisotopic (exact) mass is 276 g/mol. The lowest BCUT2D eigenvalue weighted by molar-refractivity contribution is 0.185. The van der Waals surface area contributed by atoms with E-state index < -0.39 is 0 Å². The third-order valence-corrected chi connectivity index (χ3v) is 3.83. The maximum Gasteiger partial charge on any atom is 0.280 e. The van der Waals surface area contributed by atoms with Crippen molar-refractivity contribution in [2.45, 2.75) is 18.9 Å². The summed E-state index contributed by atoms with van der Waals surface area (Å²) in [5, 5.41) is 15.4. The molecule has 0 spiro atoms. The van der Waals surface area contributed by atoms with Crippen molar-refractivity contribution < 1.29 is 9.26 Å². The van der Waals surface area contributed by atoms with Gasteiger partial charge in [-0.1, -0.05) is 10.4 Å². The van der Waals surface area contributed by atoms with E-state index in [1.807, 2.05) is 10.9 Å². The zero-order valence-electron chi connectivity index (χ0n) is 11.0. The molecule has 106 valence electrons. The van der Waals surface area contributed by atoms with Crippen LogP contribution in [0.25, 0.3) is 11.6 Å². The molecular weight excluding hydrogens is 260 g/mol. The molecule has 4 heterocycles. The predicted molar refractivity (Wildman–Crippen MR) is 67.9 cm³/mol. The summed E-state index contributed by atoms with van der Waals surface area (Å²) < 4.78 is 12.5. The summed E-state index contributed by atoms with van der Waals surface area (Å²) in [6, 6.07) is 0.384. The van der Waals surface area contributed by atoms with E-state index in [1.54, 1.807) is 0 Å². The van der Waals surface area contributed by atoms with E-state index >= 15 is 0 Å². The van der Waals surface area contributed by atoms with Crippen LogP contribution in [0.15, 0.2) is 10.7 Å². The maximum atomic E-state index is 5.35. The molecule has 1 unspecified atom stereocenters. The summed E-state index contributed by atoms with van der Waals surface area (Å²) in [6.45, 7) is 3.48. The van der Waals surface area contributed by atoms with Crippen LogP contribution in [-0.4, -0.2) is 51.4 Å². The van der Waals surface area contributed by atoms with Crippen LogP contribution in [0.2, 0.25) is 0 Å². The van der Waals surface area contributed by atoms with Crippen molar-refractivity contribution in [3.05, 3.63) is 12.0 Å². The highest BCUT2D eigenvalue weighted by Gasteiger charge is 2.23. The predicted octanol–water partition coefficient (Wildman–Crippen LogP) is 0.0514. The van der Waals surface area contributed by atoms with Gasteiger partial charge in [-0.2, -0.15) is 4.98 Å². The van der Waals surface area contributed by atoms with Gasteiger partial charge in [-0.25, -0.2) is 4.68 Å². The summed E-state index contributed by atoms with van der Waals surface area (Å²) in [7, 11) is 0. The Bertz CT molecular complexity index is 584. The fourth-order valence-corrected chi connectivity index (χ4v) is 2.46. The summed E-state index contributed by atoms with van der Waals surface area (Å²) in [5.74, 6) is 1.66. The molecule has 0 aliphatic carbocycles. The van der Waals surface area contributed by atoms with Crippen molar-refractivity contribution in [3.8, 4) is 11.6 Å². The van der Waals surface area contributed by atoms with Gasteiger partial charge in [0.1, 0.15) is 0 Å². The maximum absolute atomic E-state index is 5.35. The number of aromatic nitrogens is 5. The fraction of sp³-hybridized carbons (Fsp3) is 0.667. The largest absolute Gasteiger partial charge is 0.381 e. The van der Waals surface area contributed by atoms with Gasteiger partial charge in [0.05, 0.1) is 12.2 Å². The third-order valence-electron chi connectivity index (χ3n) is 3.83. The Labute approximate surface area is 115 Å². The first kappa shape index (κ1) is 12.0. The molecule has 20 heavy (non-hydrogen) atoms. The molecule has 0 aromatic carbocycles.